The van der Waals surface area contributed by atoms with E-state index in [1.54, 1.807) is 18.7 Å². The number of amidine groups is 1. The van der Waals surface area contributed by atoms with Crippen LogP contribution in [0.25, 0.3) is 0 Å². The number of carbonyl (C=O) groups excluding carboxylic acids is 1. The van der Waals surface area contributed by atoms with E-state index in [-0.39, 0.29) is 5.78 Å². The molecule has 1 heterocycles. The number of benzene rings is 2. The number of thioether (sulfide) groups is 1. The van der Waals surface area contributed by atoms with Crippen LogP contribution in [0.1, 0.15) is 12.5 Å². The molecular formula is C21H25N3OS. The maximum Gasteiger partial charge on any atom is 0.164 e. The molecule has 136 valence electrons. The fourth-order valence-corrected chi connectivity index (χ4v) is 3.78. The molecule has 0 aliphatic carbocycles. The largest absolute Gasteiger partial charge is 0.349 e. The molecule has 1 saturated heterocycles. The molecule has 0 N–H and O–H groups in total. The van der Waals surface area contributed by atoms with Gasteiger partial charge in [-0.15, -0.1) is 0 Å². The number of hydrogen-bond acceptors (Lipinski definition) is 4. The van der Waals surface area contributed by atoms with E-state index in [4.69, 9.17) is 4.99 Å². The molecule has 1 aliphatic heterocycles. The van der Waals surface area contributed by atoms with Gasteiger partial charge >= 0.3 is 0 Å². The van der Waals surface area contributed by atoms with Gasteiger partial charge in [0.25, 0.3) is 0 Å². The Morgan fingerprint density at radius 3 is 2.19 bits per heavy atom. The van der Waals surface area contributed by atoms with Crippen LogP contribution in [-0.2, 0) is 11.3 Å². The molecule has 4 nitrogen and oxygen atoms in total. The third-order valence-electron chi connectivity index (χ3n) is 4.28. The van der Waals surface area contributed by atoms with E-state index < -0.39 is 0 Å². The third kappa shape index (κ3) is 5.71. The maximum atomic E-state index is 11.4. The summed E-state index contributed by atoms with van der Waals surface area (Å²) in [5.74, 6) is 0.647. The average molecular weight is 368 g/mol. The summed E-state index contributed by atoms with van der Waals surface area (Å²) >= 11 is 1.54. The lowest BCUT2D eigenvalue weighted by Gasteiger charge is -2.36. The Labute approximate surface area is 159 Å². The Kier molecular flexibility index (Phi) is 6.86. The van der Waals surface area contributed by atoms with Crippen molar-refractivity contribution >= 4 is 28.4 Å². The lowest BCUT2D eigenvalue weighted by Crippen LogP contribution is -2.47. The molecule has 3 rings (SSSR count). The van der Waals surface area contributed by atoms with Crippen molar-refractivity contribution < 1.29 is 4.79 Å². The molecule has 0 amide bonds. The Morgan fingerprint density at radius 2 is 1.58 bits per heavy atom. The van der Waals surface area contributed by atoms with Gasteiger partial charge in [0.2, 0.25) is 0 Å². The van der Waals surface area contributed by atoms with Gasteiger partial charge < -0.3 is 4.90 Å². The van der Waals surface area contributed by atoms with Crippen molar-refractivity contribution in [2.45, 2.75) is 13.5 Å². The number of Topliss-reactive ketones (excluding diaryl/α,β-unsaturated/α-hetero) is 1. The highest BCUT2D eigenvalue weighted by molar-refractivity contribution is 8.14. The van der Waals surface area contributed by atoms with Crippen molar-refractivity contribution in [2.24, 2.45) is 4.99 Å². The highest BCUT2D eigenvalue weighted by atomic mass is 32.2. The molecular weight excluding hydrogens is 342 g/mol. The number of para-hydroxylation sites is 1. The number of hydrogen-bond donors (Lipinski definition) is 0. The van der Waals surface area contributed by atoms with Crippen LogP contribution in [0.3, 0.4) is 0 Å². The normalized spacial score (nSPS) is 15.9. The Bertz CT molecular complexity index is 725. The van der Waals surface area contributed by atoms with E-state index >= 15 is 0 Å². The zero-order chi connectivity index (χ0) is 18.2. The van der Waals surface area contributed by atoms with Gasteiger partial charge in [0.1, 0.15) is 5.78 Å². The molecule has 0 atom stereocenters. The molecule has 26 heavy (non-hydrogen) atoms. The first kappa shape index (κ1) is 18.7. The molecule has 5 heteroatoms. The van der Waals surface area contributed by atoms with Gasteiger partial charge in [-0.3, -0.25) is 9.69 Å². The van der Waals surface area contributed by atoms with Crippen molar-refractivity contribution in [2.75, 3.05) is 31.9 Å². The first-order valence-electron chi connectivity index (χ1n) is 8.98. The van der Waals surface area contributed by atoms with E-state index in [9.17, 15) is 4.79 Å². The van der Waals surface area contributed by atoms with Crippen molar-refractivity contribution in [1.82, 2.24) is 9.80 Å². The highest BCUT2D eigenvalue weighted by Gasteiger charge is 2.20. The predicted octanol–water partition coefficient (Wildman–Crippen LogP) is 3.81. The maximum absolute atomic E-state index is 11.4. The van der Waals surface area contributed by atoms with Crippen LogP contribution < -0.4 is 0 Å². The van der Waals surface area contributed by atoms with E-state index in [1.807, 2.05) is 30.3 Å². The Morgan fingerprint density at radius 1 is 0.962 bits per heavy atom. The summed E-state index contributed by atoms with van der Waals surface area (Å²) in [7, 11) is 0. The topological polar surface area (TPSA) is 35.9 Å². The van der Waals surface area contributed by atoms with Crippen LogP contribution in [0.15, 0.2) is 65.7 Å². The second-order valence-electron chi connectivity index (χ2n) is 6.47. The first-order valence-corrected chi connectivity index (χ1v) is 9.96. The van der Waals surface area contributed by atoms with Gasteiger partial charge in [-0.25, -0.2) is 4.99 Å². The quantitative estimate of drug-likeness (QED) is 0.595. The van der Waals surface area contributed by atoms with Crippen LogP contribution in [-0.4, -0.2) is 52.7 Å². The second kappa shape index (κ2) is 9.55. The monoisotopic (exact) mass is 367 g/mol. The van der Waals surface area contributed by atoms with Gasteiger partial charge in [-0.05, 0) is 24.6 Å². The number of aliphatic imine (C=N–C) groups is 1. The van der Waals surface area contributed by atoms with E-state index in [2.05, 4.69) is 40.1 Å². The van der Waals surface area contributed by atoms with Crippen molar-refractivity contribution in [3.8, 4) is 0 Å². The van der Waals surface area contributed by atoms with Gasteiger partial charge in [0, 0.05) is 32.7 Å². The van der Waals surface area contributed by atoms with Gasteiger partial charge in [-0.1, -0.05) is 60.3 Å². The SMILES string of the molecule is CC(=O)CSC(=Nc1ccccc1)N1CCN(Cc2ccccc2)CC1. The summed E-state index contributed by atoms with van der Waals surface area (Å²) in [6.45, 7) is 6.49. The smallest absolute Gasteiger partial charge is 0.164 e. The second-order valence-corrected chi connectivity index (χ2v) is 7.41. The number of nitrogens with zero attached hydrogens (tertiary/aromatic N) is 3. The van der Waals surface area contributed by atoms with Gasteiger partial charge in [-0.2, -0.15) is 0 Å². The van der Waals surface area contributed by atoms with E-state index in [0.717, 1.165) is 43.6 Å². The summed E-state index contributed by atoms with van der Waals surface area (Å²) in [4.78, 5) is 21.0. The number of carbonyl (C=O) groups is 1. The molecule has 0 spiro atoms. The lowest BCUT2D eigenvalue weighted by molar-refractivity contribution is -0.114. The summed E-state index contributed by atoms with van der Waals surface area (Å²) < 4.78 is 0. The van der Waals surface area contributed by atoms with Crippen molar-refractivity contribution in [3.05, 3.63) is 66.2 Å². The van der Waals surface area contributed by atoms with Gasteiger partial charge in [0.15, 0.2) is 5.17 Å². The zero-order valence-corrected chi connectivity index (χ0v) is 16.0. The molecule has 1 fully saturated rings. The Balaban J connectivity index is 1.63. The van der Waals surface area contributed by atoms with Crippen LogP contribution >= 0.6 is 11.8 Å². The molecule has 0 saturated carbocycles. The summed E-state index contributed by atoms with van der Waals surface area (Å²) in [5, 5.41) is 0.950. The van der Waals surface area contributed by atoms with Crippen molar-refractivity contribution in [1.29, 1.82) is 0 Å². The standard InChI is InChI=1S/C21H25N3OS/c1-18(25)17-26-21(22-20-10-6-3-7-11-20)24-14-12-23(13-15-24)16-19-8-4-2-5-9-19/h2-11H,12-17H2,1H3. The zero-order valence-electron chi connectivity index (χ0n) is 15.2. The average Bonchev–Trinajstić information content (AvgIpc) is 2.67. The minimum Gasteiger partial charge on any atom is -0.349 e. The fourth-order valence-electron chi connectivity index (χ4n) is 2.91. The summed E-state index contributed by atoms with van der Waals surface area (Å²) in [5.41, 5.74) is 2.29. The molecule has 1 aliphatic rings. The molecule has 0 radical (unpaired) electrons. The predicted molar refractivity (Wildman–Crippen MR) is 110 cm³/mol. The van der Waals surface area contributed by atoms with Gasteiger partial charge in [0.05, 0.1) is 11.4 Å². The van der Waals surface area contributed by atoms with Crippen molar-refractivity contribution in [3.63, 3.8) is 0 Å². The van der Waals surface area contributed by atoms with E-state index in [0.29, 0.717) is 5.75 Å². The number of rotatable bonds is 5. The first-order chi connectivity index (χ1) is 12.7. The molecule has 2 aromatic rings. The third-order valence-corrected chi connectivity index (χ3v) is 5.44. The lowest BCUT2D eigenvalue weighted by atomic mass is 10.2. The molecule has 2 aromatic carbocycles. The van der Waals surface area contributed by atoms with Crippen LogP contribution in [0.5, 0.6) is 0 Å². The number of ketones is 1. The van der Waals surface area contributed by atoms with Crippen LogP contribution in [0, 0.1) is 0 Å². The summed E-state index contributed by atoms with van der Waals surface area (Å²) in [6.07, 6.45) is 0. The molecule has 0 unspecified atom stereocenters. The van der Waals surface area contributed by atoms with Crippen LogP contribution in [0.4, 0.5) is 5.69 Å². The fraction of sp³-hybridized carbons (Fsp3) is 0.333. The molecule has 0 bridgehead atoms. The van der Waals surface area contributed by atoms with Crippen LogP contribution in [0.2, 0.25) is 0 Å². The highest BCUT2D eigenvalue weighted by Crippen LogP contribution is 2.19. The minimum atomic E-state index is 0.179. The number of piperazine rings is 1. The molecule has 0 aromatic heterocycles. The Hall–Kier alpha value is -2.11. The summed E-state index contributed by atoms with van der Waals surface area (Å²) in [6, 6.07) is 20.6. The van der Waals surface area contributed by atoms with E-state index in [1.165, 1.54) is 5.56 Å². The minimum absolute atomic E-state index is 0.179.